The number of para-hydroxylation sites is 1. The van der Waals surface area contributed by atoms with Gasteiger partial charge in [0.15, 0.2) is 6.10 Å². The molecule has 13 heteroatoms. The van der Waals surface area contributed by atoms with Gasteiger partial charge < -0.3 is 35.2 Å². The molecule has 2 fully saturated rings. The molecule has 2 saturated heterocycles. The van der Waals surface area contributed by atoms with Crippen molar-refractivity contribution in [3.8, 4) is 33.6 Å². The lowest BCUT2D eigenvalue weighted by atomic mass is 10.0. The van der Waals surface area contributed by atoms with Gasteiger partial charge in [-0.2, -0.15) is 0 Å². The molecule has 0 aliphatic carbocycles. The van der Waals surface area contributed by atoms with Crippen LogP contribution in [0.5, 0.6) is 0 Å². The van der Waals surface area contributed by atoms with Gasteiger partial charge in [-0.05, 0) is 78.2 Å². The molecular formula is C50H53N9O4. The zero-order chi connectivity index (χ0) is 43.5. The van der Waals surface area contributed by atoms with Crippen molar-refractivity contribution >= 4 is 28.8 Å². The number of ether oxygens (including phenoxy) is 1. The van der Waals surface area contributed by atoms with Crippen LogP contribution in [0.2, 0.25) is 0 Å². The van der Waals surface area contributed by atoms with Gasteiger partial charge in [-0.3, -0.25) is 14.5 Å². The highest BCUT2D eigenvalue weighted by atomic mass is 16.6. The molecule has 0 unspecified atom stereocenters. The molecule has 0 spiro atoms. The summed E-state index contributed by atoms with van der Waals surface area (Å²) in [6, 6.07) is 33.9. The molecule has 3 aromatic heterocycles. The Labute approximate surface area is 366 Å². The number of hydrogen-bond donors (Lipinski definition) is 4. The van der Waals surface area contributed by atoms with Crippen molar-refractivity contribution in [3.63, 3.8) is 0 Å². The van der Waals surface area contributed by atoms with Crippen LogP contribution in [-0.2, 0) is 20.7 Å². The first-order valence-corrected chi connectivity index (χ1v) is 22.0. The van der Waals surface area contributed by atoms with Gasteiger partial charge in [-0.25, -0.2) is 14.8 Å². The summed E-state index contributed by atoms with van der Waals surface area (Å²) in [5.41, 5.74) is 14.2. The Bertz CT molecular complexity index is 2680. The molecule has 2 aliphatic heterocycles. The average Bonchev–Trinajstić information content (AvgIpc) is 4.18. The lowest BCUT2D eigenvalue weighted by Crippen LogP contribution is -2.43. The number of amides is 3. The number of rotatable bonds is 14. The number of aromatic nitrogens is 5. The molecular weight excluding hydrogens is 791 g/mol. The number of nitrogens with zero attached hydrogens (tertiary/aromatic N) is 5. The lowest BCUT2D eigenvalue weighted by Gasteiger charge is -2.34. The van der Waals surface area contributed by atoms with Crippen LogP contribution in [0.1, 0.15) is 80.4 Å². The quantitative estimate of drug-likeness (QED) is 0.0849. The number of primary amides is 1. The number of fused-ring (bicyclic) bond motifs is 1. The third-order valence-corrected chi connectivity index (χ3v) is 12.8. The number of benzene rings is 4. The van der Waals surface area contributed by atoms with Crippen molar-refractivity contribution in [2.75, 3.05) is 26.2 Å². The Morgan fingerprint density at radius 2 is 1.24 bits per heavy atom. The normalized spacial score (nSPS) is 17.4. The highest BCUT2D eigenvalue weighted by molar-refractivity contribution is 5.87. The Balaban J connectivity index is 0.856. The molecule has 5 N–H and O–H groups in total. The second kappa shape index (κ2) is 18.2. The van der Waals surface area contributed by atoms with Crippen molar-refractivity contribution in [2.24, 2.45) is 5.73 Å². The highest BCUT2D eigenvalue weighted by Crippen LogP contribution is 2.37. The maximum absolute atomic E-state index is 14.3. The fourth-order valence-electron chi connectivity index (χ4n) is 9.51. The largest absolute Gasteiger partial charge is 0.436 e. The Kier molecular flexibility index (Phi) is 11.9. The predicted molar refractivity (Wildman–Crippen MR) is 243 cm³/mol. The number of nitrogens with two attached hydrogens (primary N) is 1. The van der Waals surface area contributed by atoms with E-state index >= 15 is 0 Å². The standard InChI is InChI=1S/C50H53N9O4/c1-3-57(4-2)45(36-12-6-5-7-13-36)49(61)59-27-11-17-43(59)47-54-31-41(56-47)35-24-20-33(21-25-35)32-18-22-34(23-19-32)40-30-53-46(55-40)42-16-10-26-58(42)48(60)44(63-50(51)62)28-37-29-52-39-15-9-8-14-38(37)39/h5-9,12-15,18-25,29-31,42-45,52H,3-4,10-11,16-17,26-28H2,1-2H3,(H2,51,62)(H,53,55)(H,54,56)/t42-,43-,44-,45+/m0/s1. The number of H-pyrrole nitrogens is 3. The third kappa shape index (κ3) is 8.48. The molecule has 63 heavy (non-hydrogen) atoms. The third-order valence-electron chi connectivity index (χ3n) is 12.8. The molecule has 7 aromatic rings. The monoisotopic (exact) mass is 843 g/mol. The summed E-state index contributed by atoms with van der Waals surface area (Å²) in [6.45, 7) is 7.02. The van der Waals surface area contributed by atoms with Gasteiger partial charge in [0.05, 0.1) is 35.9 Å². The fourth-order valence-corrected chi connectivity index (χ4v) is 9.51. The molecule has 0 bridgehead atoms. The lowest BCUT2D eigenvalue weighted by molar-refractivity contribution is -0.141. The van der Waals surface area contributed by atoms with Gasteiger partial charge in [0.1, 0.15) is 17.7 Å². The number of likely N-dealkylation sites (N-methyl/N-ethyl adjacent to an activating group) is 1. The SMILES string of the molecule is CCN(CC)[C@@H](C(=O)N1CCC[C@H]1c1ncc(-c2ccc(-c3ccc(-c4cnc([C@@H]5CCCN5C(=O)[C@H](Cc5c[nH]c6ccccc56)OC(N)=O)[nH]4)cc3)cc2)[nH]1)c1ccccc1. The van der Waals surface area contributed by atoms with Crippen molar-refractivity contribution in [3.05, 3.63) is 144 Å². The van der Waals surface area contributed by atoms with E-state index in [1.807, 2.05) is 59.8 Å². The van der Waals surface area contributed by atoms with Gasteiger partial charge in [-0.1, -0.05) is 111 Å². The highest BCUT2D eigenvalue weighted by Gasteiger charge is 2.39. The molecule has 4 atom stereocenters. The van der Waals surface area contributed by atoms with E-state index in [0.29, 0.717) is 18.9 Å². The second-order valence-electron chi connectivity index (χ2n) is 16.4. The summed E-state index contributed by atoms with van der Waals surface area (Å²) in [6.07, 6.45) is 7.00. The first-order valence-electron chi connectivity index (χ1n) is 22.0. The summed E-state index contributed by atoms with van der Waals surface area (Å²) in [5.74, 6) is 1.34. The van der Waals surface area contributed by atoms with Crippen LogP contribution in [0, 0.1) is 0 Å². The van der Waals surface area contributed by atoms with Crippen molar-refractivity contribution in [1.29, 1.82) is 0 Å². The molecule has 0 radical (unpaired) electrons. The smallest absolute Gasteiger partial charge is 0.405 e. The maximum Gasteiger partial charge on any atom is 0.405 e. The van der Waals surface area contributed by atoms with E-state index < -0.39 is 12.2 Å². The van der Waals surface area contributed by atoms with Gasteiger partial charge in [-0.15, -0.1) is 0 Å². The van der Waals surface area contributed by atoms with E-state index in [1.165, 1.54) is 0 Å². The van der Waals surface area contributed by atoms with E-state index in [9.17, 15) is 14.4 Å². The average molecular weight is 844 g/mol. The van der Waals surface area contributed by atoms with E-state index in [1.54, 1.807) is 11.1 Å². The van der Waals surface area contributed by atoms with E-state index in [4.69, 9.17) is 20.4 Å². The molecule has 13 nitrogen and oxygen atoms in total. The molecule has 0 saturated carbocycles. The van der Waals surface area contributed by atoms with Crippen molar-refractivity contribution < 1.29 is 19.1 Å². The van der Waals surface area contributed by atoms with E-state index in [-0.39, 0.29) is 36.4 Å². The summed E-state index contributed by atoms with van der Waals surface area (Å²) < 4.78 is 5.43. The minimum atomic E-state index is -1.06. The van der Waals surface area contributed by atoms with Gasteiger partial charge in [0.2, 0.25) is 5.91 Å². The maximum atomic E-state index is 14.3. The number of imidazole rings is 2. The minimum absolute atomic E-state index is 0.104. The van der Waals surface area contributed by atoms with Crippen LogP contribution in [0.4, 0.5) is 4.79 Å². The number of carbonyl (C=O) groups excluding carboxylic acids is 3. The summed E-state index contributed by atoms with van der Waals surface area (Å²) in [5, 5.41) is 0.967. The second-order valence-corrected chi connectivity index (χ2v) is 16.4. The molecule has 3 amide bonds. The summed E-state index contributed by atoms with van der Waals surface area (Å²) >= 11 is 0. The number of hydrogen-bond acceptors (Lipinski definition) is 7. The van der Waals surface area contributed by atoms with Crippen LogP contribution in [0.25, 0.3) is 44.5 Å². The van der Waals surface area contributed by atoms with E-state index in [0.717, 1.165) is 100 Å². The Hall–Kier alpha value is -6.99. The fraction of sp³-hybridized carbons (Fsp3) is 0.300. The van der Waals surface area contributed by atoms with Crippen LogP contribution in [0.15, 0.2) is 122 Å². The molecule has 2 aliphatic rings. The van der Waals surface area contributed by atoms with Gasteiger partial charge in [0, 0.05) is 36.6 Å². The van der Waals surface area contributed by atoms with Crippen molar-refractivity contribution in [1.82, 2.24) is 39.6 Å². The summed E-state index contributed by atoms with van der Waals surface area (Å²) in [4.78, 5) is 66.0. The topological polar surface area (TPSA) is 169 Å². The van der Waals surface area contributed by atoms with Gasteiger partial charge >= 0.3 is 6.09 Å². The number of carbonyl (C=O) groups is 3. The van der Waals surface area contributed by atoms with Crippen LogP contribution < -0.4 is 5.73 Å². The Morgan fingerprint density at radius 3 is 1.79 bits per heavy atom. The van der Waals surface area contributed by atoms with E-state index in [2.05, 4.69) is 94.4 Å². The molecule has 9 rings (SSSR count). The minimum Gasteiger partial charge on any atom is -0.436 e. The zero-order valence-electron chi connectivity index (χ0n) is 35.7. The number of nitrogens with one attached hydrogen (secondary N) is 3. The number of likely N-dealkylation sites (tertiary alicyclic amines) is 2. The zero-order valence-corrected chi connectivity index (χ0v) is 35.7. The van der Waals surface area contributed by atoms with Crippen LogP contribution in [0.3, 0.4) is 0 Å². The molecule has 5 heterocycles. The summed E-state index contributed by atoms with van der Waals surface area (Å²) in [7, 11) is 0. The first-order chi connectivity index (χ1) is 30.8. The number of aromatic amines is 3. The van der Waals surface area contributed by atoms with Gasteiger partial charge in [0.25, 0.3) is 5.91 Å². The predicted octanol–water partition coefficient (Wildman–Crippen LogP) is 8.73. The Morgan fingerprint density at radius 1 is 0.714 bits per heavy atom. The first kappa shape index (κ1) is 41.4. The molecule has 4 aromatic carbocycles. The molecule has 322 valence electrons. The van der Waals surface area contributed by atoms with Crippen molar-refractivity contribution in [2.45, 2.75) is 70.2 Å². The van der Waals surface area contributed by atoms with Crippen LogP contribution >= 0.6 is 0 Å². The van der Waals surface area contributed by atoms with Crippen LogP contribution in [-0.4, -0.2) is 89.8 Å².